The van der Waals surface area contributed by atoms with E-state index in [0.29, 0.717) is 22.7 Å². The molecule has 0 saturated carbocycles. The van der Waals surface area contributed by atoms with E-state index in [9.17, 15) is 9.18 Å². The smallest absolute Gasteiger partial charge is 0.241 e. The minimum atomic E-state index is -0.491. The van der Waals surface area contributed by atoms with Crippen molar-refractivity contribution in [2.75, 3.05) is 38.3 Å². The van der Waals surface area contributed by atoms with Gasteiger partial charge in [-0.25, -0.2) is 14.4 Å². The first-order valence-corrected chi connectivity index (χ1v) is 10.3. The van der Waals surface area contributed by atoms with Crippen LogP contribution < -0.4 is 16.0 Å². The van der Waals surface area contributed by atoms with Crippen LogP contribution in [0.4, 0.5) is 21.6 Å². The minimum absolute atomic E-state index is 0.0173. The normalized spacial score (nSPS) is 12.2. The standard InChI is InChI=1S/C22H26ClFN6O/c1-25-20(5-4-10-30(2)3)22(31)29-14-7-9-19-16(11-14)21(27-13-26-19)28-15-6-8-18(24)17(23)12-15/h6-9,11-13,20,25H,4-5,10H2,1-3H3,(H,29,31)(H,26,27,28)/t20-/m1/s1. The Bertz CT molecular complexity index is 1060. The molecule has 1 atom stereocenters. The van der Waals surface area contributed by atoms with E-state index in [1.54, 1.807) is 19.2 Å². The molecule has 3 aromatic rings. The zero-order valence-electron chi connectivity index (χ0n) is 17.7. The highest BCUT2D eigenvalue weighted by Gasteiger charge is 2.17. The summed E-state index contributed by atoms with van der Waals surface area (Å²) in [6.45, 7) is 0.918. The summed E-state index contributed by atoms with van der Waals surface area (Å²) in [6, 6.07) is 9.49. The summed E-state index contributed by atoms with van der Waals surface area (Å²) in [5, 5.41) is 9.91. The topological polar surface area (TPSA) is 82.2 Å². The summed E-state index contributed by atoms with van der Waals surface area (Å²) in [4.78, 5) is 23.4. The van der Waals surface area contributed by atoms with Gasteiger partial charge < -0.3 is 20.9 Å². The molecule has 1 amide bonds. The molecule has 0 bridgehead atoms. The van der Waals surface area contributed by atoms with Crippen LogP contribution in [0.25, 0.3) is 10.9 Å². The number of nitrogens with zero attached hydrogens (tertiary/aromatic N) is 3. The van der Waals surface area contributed by atoms with Gasteiger partial charge in [0.2, 0.25) is 5.91 Å². The average molecular weight is 445 g/mol. The zero-order chi connectivity index (χ0) is 22.4. The number of fused-ring (bicyclic) bond motifs is 1. The molecule has 0 radical (unpaired) electrons. The van der Waals surface area contributed by atoms with Crippen molar-refractivity contribution >= 4 is 45.6 Å². The van der Waals surface area contributed by atoms with Crippen molar-refractivity contribution in [1.82, 2.24) is 20.2 Å². The lowest BCUT2D eigenvalue weighted by molar-refractivity contribution is -0.118. The Morgan fingerprint density at radius 1 is 1.16 bits per heavy atom. The number of anilines is 3. The van der Waals surface area contributed by atoms with Crippen molar-refractivity contribution in [3.05, 3.63) is 53.6 Å². The number of carbonyl (C=O) groups is 1. The molecule has 9 heteroatoms. The van der Waals surface area contributed by atoms with E-state index in [4.69, 9.17) is 11.6 Å². The first-order valence-electron chi connectivity index (χ1n) is 9.97. The van der Waals surface area contributed by atoms with Crippen LogP contribution in [-0.4, -0.2) is 54.5 Å². The van der Waals surface area contributed by atoms with Crippen LogP contribution in [0.3, 0.4) is 0 Å². The highest BCUT2D eigenvalue weighted by Crippen LogP contribution is 2.27. The van der Waals surface area contributed by atoms with E-state index >= 15 is 0 Å². The Hall–Kier alpha value is -2.81. The van der Waals surface area contributed by atoms with Gasteiger partial charge in [0.1, 0.15) is 18.0 Å². The molecular formula is C22H26ClFN6O. The van der Waals surface area contributed by atoms with E-state index < -0.39 is 5.82 Å². The number of likely N-dealkylation sites (N-methyl/N-ethyl adjacent to an activating group) is 1. The van der Waals surface area contributed by atoms with Gasteiger partial charge in [0, 0.05) is 16.8 Å². The lowest BCUT2D eigenvalue weighted by Gasteiger charge is -2.18. The molecule has 0 aliphatic carbocycles. The summed E-state index contributed by atoms with van der Waals surface area (Å²) in [7, 11) is 5.80. The molecule has 0 unspecified atom stereocenters. The Balaban J connectivity index is 1.78. The SMILES string of the molecule is CN[C@H](CCCN(C)C)C(=O)Nc1ccc2ncnc(Nc3ccc(F)c(Cl)c3)c2c1. The largest absolute Gasteiger partial charge is 0.340 e. The van der Waals surface area contributed by atoms with E-state index in [0.717, 1.165) is 24.8 Å². The number of rotatable bonds is 9. The average Bonchev–Trinajstić information content (AvgIpc) is 2.74. The second-order valence-electron chi connectivity index (χ2n) is 7.48. The maximum Gasteiger partial charge on any atom is 0.241 e. The molecule has 0 saturated heterocycles. The molecule has 0 aliphatic heterocycles. The Morgan fingerprint density at radius 2 is 1.94 bits per heavy atom. The maximum atomic E-state index is 13.4. The molecule has 1 heterocycles. The van der Waals surface area contributed by atoms with Gasteiger partial charge in [0.05, 0.1) is 16.6 Å². The molecular weight excluding hydrogens is 419 g/mol. The van der Waals surface area contributed by atoms with E-state index in [1.165, 1.54) is 18.5 Å². The minimum Gasteiger partial charge on any atom is -0.340 e. The van der Waals surface area contributed by atoms with Gasteiger partial charge in [-0.3, -0.25) is 4.79 Å². The fourth-order valence-electron chi connectivity index (χ4n) is 3.19. The molecule has 3 N–H and O–H groups in total. The summed E-state index contributed by atoms with van der Waals surface area (Å²) in [5.41, 5.74) is 1.94. The van der Waals surface area contributed by atoms with Crippen molar-refractivity contribution in [3.8, 4) is 0 Å². The van der Waals surface area contributed by atoms with Gasteiger partial charge in [-0.1, -0.05) is 11.6 Å². The fraction of sp³-hybridized carbons (Fsp3) is 0.318. The van der Waals surface area contributed by atoms with Gasteiger partial charge in [-0.15, -0.1) is 0 Å². The quantitative estimate of drug-likeness (QED) is 0.462. The van der Waals surface area contributed by atoms with E-state index in [1.807, 2.05) is 26.2 Å². The van der Waals surface area contributed by atoms with Crippen molar-refractivity contribution < 1.29 is 9.18 Å². The van der Waals surface area contributed by atoms with Crippen LogP contribution in [0.1, 0.15) is 12.8 Å². The number of carbonyl (C=O) groups excluding carboxylic acids is 1. The molecule has 0 spiro atoms. The number of benzene rings is 2. The van der Waals surface area contributed by atoms with Gasteiger partial charge in [-0.05, 0) is 76.9 Å². The highest BCUT2D eigenvalue weighted by molar-refractivity contribution is 6.31. The van der Waals surface area contributed by atoms with Crippen molar-refractivity contribution in [3.63, 3.8) is 0 Å². The molecule has 164 valence electrons. The molecule has 2 aromatic carbocycles. The molecule has 31 heavy (non-hydrogen) atoms. The van der Waals surface area contributed by atoms with Crippen LogP contribution in [0, 0.1) is 5.82 Å². The van der Waals surface area contributed by atoms with Gasteiger partial charge >= 0.3 is 0 Å². The summed E-state index contributed by atoms with van der Waals surface area (Å²) in [5.74, 6) is -0.0633. The third-order valence-corrected chi connectivity index (χ3v) is 5.14. The number of hydrogen-bond donors (Lipinski definition) is 3. The predicted octanol–water partition coefficient (Wildman–Crippen LogP) is 4.03. The Morgan fingerprint density at radius 3 is 2.65 bits per heavy atom. The fourth-order valence-corrected chi connectivity index (χ4v) is 3.37. The first-order chi connectivity index (χ1) is 14.9. The Labute approximate surface area is 186 Å². The second-order valence-corrected chi connectivity index (χ2v) is 7.89. The number of halogens is 2. The lowest BCUT2D eigenvalue weighted by Crippen LogP contribution is -2.38. The Kier molecular flexibility index (Phi) is 7.73. The van der Waals surface area contributed by atoms with E-state index in [-0.39, 0.29) is 17.0 Å². The van der Waals surface area contributed by atoms with Crippen molar-refractivity contribution in [2.24, 2.45) is 0 Å². The summed E-state index contributed by atoms with van der Waals surface area (Å²) >= 11 is 5.87. The molecule has 0 fully saturated rings. The summed E-state index contributed by atoms with van der Waals surface area (Å²) in [6.07, 6.45) is 3.08. The van der Waals surface area contributed by atoms with Gasteiger partial charge in [0.15, 0.2) is 0 Å². The third kappa shape index (κ3) is 6.10. The van der Waals surface area contributed by atoms with Crippen LogP contribution in [-0.2, 0) is 4.79 Å². The number of amides is 1. The van der Waals surface area contributed by atoms with Crippen LogP contribution in [0.5, 0.6) is 0 Å². The van der Waals surface area contributed by atoms with Crippen molar-refractivity contribution in [2.45, 2.75) is 18.9 Å². The van der Waals surface area contributed by atoms with Crippen LogP contribution >= 0.6 is 11.6 Å². The number of hydrogen-bond acceptors (Lipinski definition) is 6. The molecule has 1 aromatic heterocycles. The number of nitrogens with one attached hydrogen (secondary N) is 3. The third-order valence-electron chi connectivity index (χ3n) is 4.85. The van der Waals surface area contributed by atoms with E-state index in [2.05, 4.69) is 30.8 Å². The summed E-state index contributed by atoms with van der Waals surface area (Å²) < 4.78 is 13.4. The second kappa shape index (κ2) is 10.5. The first kappa shape index (κ1) is 22.9. The monoisotopic (exact) mass is 444 g/mol. The van der Waals surface area contributed by atoms with Crippen molar-refractivity contribution in [1.29, 1.82) is 0 Å². The maximum absolute atomic E-state index is 13.4. The molecule has 3 rings (SSSR count). The number of aromatic nitrogens is 2. The predicted molar refractivity (Wildman–Crippen MR) is 123 cm³/mol. The molecule has 0 aliphatic rings. The van der Waals surface area contributed by atoms with Gasteiger partial charge in [0.25, 0.3) is 0 Å². The molecule has 7 nitrogen and oxygen atoms in total. The zero-order valence-corrected chi connectivity index (χ0v) is 18.5. The van der Waals surface area contributed by atoms with Gasteiger partial charge in [-0.2, -0.15) is 0 Å². The van der Waals surface area contributed by atoms with Crippen LogP contribution in [0.2, 0.25) is 5.02 Å². The van der Waals surface area contributed by atoms with Crippen LogP contribution in [0.15, 0.2) is 42.7 Å². The highest BCUT2D eigenvalue weighted by atomic mass is 35.5. The lowest BCUT2D eigenvalue weighted by atomic mass is 10.1.